The maximum Gasteiger partial charge on any atom is 0.337 e. The zero-order valence-electron chi connectivity index (χ0n) is 10.7. The van der Waals surface area contributed by atoms with Crippen LogP contribution in [0, 0.1) is 0 Å². The molecule has 1 heterocycles. The summed E-state index contributed by atoms with van der Waals surface area (Å²) in [7, 11) is -3.61. The Hall–Kier alpha value is -1.31. The van der Waals surface area contributed by atoms with E-state index in [-0.39, 0.29) is 16.3 Å². The van der Waals surface area contributed by atoms with Crippen molar-refractivity contribution < 1.29 is 18.3 Å². The molecule has 20 heavy (non-hydrogen) atoms. The Morgan fingerprint density at radius 2 is 1.90 bits per heavy atom. The average Bonchev–Trinajstić information content (AvgIpc) is 2.39. The third-order valence-electron chi connectivity index (χ3n) is 3.10. The molecule has 6 nitrogen and oxygen atoms in total. The number of anilines is 1. The van der Waals surface area contributed by atoms with Gasteiger partial charge in [-0.1, -0.05) is 18.0 Å². The Balaban J connectivity index is 2.17. The minimum atomic E-state index is -3.61. The predicted octanol–water partition coefficient (Wildman–Crippen LogP) is 2.18. The van der Waals surface area contributed by atoms with Crippen LogP contribution < -0.4 is 4.72 Å². The van der Waals surface area contributed by atoms with Crippen LogP contribution in [-0.4, -0.2) is 36.9 Å². The maximum absolute atomic E-state index is 12.1. The molecular weight excluding hydrogens is 304 g/mol. The van der Waals surface area contributed by atoms with Crippen molar-refractivity contribution in [2.24, 2.45) is 0 Å². The number of aromatic carboxylic acids is 1. The molecule has 0 spiro atoms. The number of rotatable bonds is 4. The lowest BCUT2D eigenvalue weighted by Crippen LogP contribution is -2.39. The van der Waals surface area contributed by atoms with Gasteiger partial charge in [0, 0.05) is 13.1 Å². The van der Waals surface area contributed by atoms with Gasteiger partial charge in [0.2, 0.25) is 0 Å². The minimum absolute atomic E-state index is 0.00339. The van der Waals surface area contributed by atoms with Crippen molar-refractivity contribution in [1.29, 1.82) is 0 Å². The molecule has 0 aliphatic carbocycles. The Morgan fingerprint density at radius 3 is 2.45 bits per heavy atom. The lowest BCUT2D eigenvalue weighted by molar-refractivity contribution is 0.0697. The molecule has 1 aromatic carbocycles. The summed E-state index contributed by atoms with van der Waals surface area (Å²) in [4.78, 5) is 10.8. The Labute approximate surface area is 122 Å². The fraction of sp³-hybridized carbons (Fsp3) is 0.417. The largest absolute Gasteiger partial charge is 0.478 e. The van der Waals surface area contributed by atoms with Gasteiger partial charge in [-0.3, -0.25) is 4.72 Å². The maximum atomic E-state index is 12.1. The van der Waals surface area contributed by atoms with Crippen molar-refractivity contribution in [3.05, 3.63) is 28.8 Å². The van der Waals surface area contributed by atoms with Crippen LogP contribution in [0.15, 0.2) is 18.2 Å². The second-order valence-electron chi connectivity index (χ2n) is 4.57. The minimum Gasteiger partial charge on any atom is -0.478 e. The van der Waals surface area contributed by atoms with Gasteiger partial charge >= 0.3 is 16.2 Å². The smallest absolute Gasteiger partial charge is 0.337 e. The summed E-state index contributed by atoms with van der Waals surface area (Å²) in [6.07, 6.45) is 2.73. The number of carboxylic acids is 1. The zero-order chi connectivity index (χ0) is 14.8. The Morgan fingerprint density at radius 1 is 1.25 bits per heavy atom. The van der Waals surface area contributed by atoms with Crippen LogP contribution in [0.4, 0.5) is 5.69 Å². The number of hydrogen-bond acceptors (Lipinski definition) is 3. The number of benzene rings is 1. The predicted molar refractivity (Wildman–Crippen MR) is 76.4 cm³/mol. The molecule has 2 rings (SSSR count). The molecule has 1 saturated heterocycles. The number of carboxylic acid groups (broad SMARTS) is 1. The number of piperidine rings is 1. The number of nitrogens with one attached hydrogen (secondary N) is 1. The first-order chi connectivity index (χ1) is 9.40. The van der Waals surface area contributed by atoms with Crippen molar-refractivity contribution in [1.82, 2.24) is 4.31 Å². The van der Waals surface area contributed by atoms with Crippen molar-refractivity contribution in [3.8, 4) is 0 Å². The second-order valence-corrected chi connectivity index (χ2v) is 6.64. The van der Waals surface area contributed by atoms with Crippen LogP contribution in [0.5, 0.6) is 0 Å². The molecule has 8 heteroatoms. The second kappa shape index (κ2) is 5.99. The summed E-state index contributed by atoms with van der Waals surface area (Å²) >= 11 is 5.81. The van der Waals surface area contributed by atoms with Crippen molar-refractivity contribution in [2.75, 3.05) is 17.8 Å². The van der Waals surface area contributed by atoms with E-state index in [9.17, 15) is 13.2 Å². The molecule has 0 bridgehead atoms. The average molecular weight is 319 g/mol. The van der Waals surface area contributed by atoms with E-state index in [0.29, 0.717) is 13.1 Å². The van der Waals surface area contributed by atoms with Crippen LogP contribution in [0.25, 0.3) is 0 Å². The van der Waals surface area contributed by atoms with Gasteiger partial charge in [-0.15, -0.1) is 0 Å². The zero-order valence-corrected chi connectivity index (χ0v) is 12.2. The monoisotopic (exact) mass is 318 g/mol. The van der Waals surface area contributed by atoms with Crippen LogP contribution in [0.1, 0.15) is 29.6 Å². The standard InChI is InChI=1S/C12H15ClN2O4S/c13-11-8-9(4-5-10(11)12(16)17)14-20(18,19)15-6-2-1-3-7-15/h4-5,8,14H,1-3,6-7H2,(H,16,17). The summed E-state index contributed by atoms with van der Waals surface area (Å²) in [6, 6.07) is 3.96. The fourth-order valence-electron chi connectivity index (χ4n) is 2.07. The third-order valence-corrected chi connectivity index (χ3v) is 4.95. The highest BCUT2D eigenvalue weighted by molar-refractivity contribution is 7.90. The van der Waals surface area contributed by atoms with Gasteiger partial charge in [-0.2, -0.15) is 12.7 Å². The van der Waals surface area contributed by atoms with Gasteiger partial charge < -0.3 is 5.11 Å². The van der Waals surface area contributed by atoms with E-state index in [4.69, 9.17) is 16.7 Å². The third kappa shape index (κ3) is 3.41. The van der Waals surface area contributed by atoms with Crippen LogP contribution in [0.3, 0.4) is 0 Å². The van der Waals surface area contributed by atoms with E-state index in [1.165, 1.54) is 22.5 Å². The van der Waals surface area contributed by atoms with Gasteiger partial charge in [0.1, 0.15) is 0 Å². The molecule has 1 aliphatic heterocycles. The van der Waals surface area contributed by atoms with Crippen molar-refractivity contribution in [2.45, 2.75) is 19.3 Å². The van der Waals surface area contributed by atoms with Gasteiger partial charge in [0.25, 0.3) is 0 Å². The SMILES string of the molecule is O=C(O)c1ccc(NS(=O)(=O)N2CCCCC2)cc1Cl. The van der Waals surface area contributed by atoms with E-state index in [0.717, 1.165) is 19.3 Å². The fourth-order valence-corrected chi connectivity index (χ4v) is 3.62. The molecule has 1 aliphatic rings. The molecule has 0 atom stereocenters. The molecule has 2 N–H and O–H groups in total. The molecular formula is C12H15ClN2O4S. The van der Waals surface area contributed by atoms with Crippen molar-refractivity contribution in [3.63, 3.8) is 0 Å². The first-order valence-electron chi connectivity index (χ1n) is 6.21. The number of carbonyl (C=O) groups is 1. The summed E-state index contributed by atoms with van der Waals surface area (Å²) in [6.45, 7) is 0.993. The number of nitrogens with zero attached hydrogens (tertiary/aromatic N) is 1. The molecule has 1 aromatic rings. The highest BCUT2D eigenvalue weighted by atomic mass is 35.5. The molecule has 1 fully saturated rings. The van der Waals surface area contributed by atoms with E-state index in [2.05, 4.69) is 4.72 Å². The summed E-state index contributed by atoms with van der Waals surface area (Å²) in [5.74, 6) is -1.15. The highest BCUT2D eigenvalue weighted by Crippen LogP contribution is 2.23. The molecule has 0 unspecified atom stereocenters. The topological polar surface area (TPSA) is 86.7 Å². The first-order valence-corrected chi connectivity index (χ1v) is 8.03. The van der Waals surface area contributed by atoms with Crippen LogP contribution >= 0.6 is 11.6 Å². The number of halogens is 1. The molecule has 0 radical (unpaired) electrons. The molecule has 0 aromatic heterocycles. The van der Waals surface area contributed by atoms with E-state index in [1.807, 2.05) is 0 Å². The quantitative estimate of drug-likeness (QED) is 0.890. The van der Waals surface area contributed by atoms with Crippen molar-refractivity contribution >= 4 is 33.5 Å². The summed E-state index contributed by atoms with van der Waals surface area (Å²) in [5, 5.41) is 8.86. The number of hydrogen-bond donors (Lipinski definition) is 2. The lowest BCUT2D eigenvalue weighted by Gasteiger charge is -2.26. The Kier molecular flexibility index (Phi) is 4.52. The molecule has 0 saturated carbocycles. The highest BCUT2D eigenvalue weighted by Gasteiger charge is 2.24. The first kappa shape index (κ1) is 15.1. The van der Waals surface area contributed by atoms with Crippen LogP contribution in [-0.2, 0) is 10.2 Å². The van der Waals surface area contributed by atoms with Gasteiger partial charge in [-0.25, -0.2) is 4.79 Å². The van der Waals surface area contributed by atoms with E-state index in [1.54, 1.807) is 0 Å². The summed E-state index contributed by atoms with van der Waals surface area (Å²) < 4.78 is 28.1. The van der Waals surface area contributed by atoms with Gasteiger partial charge in [0.05, 0.1) is 16.3 Å². The molecule has 110 valence electrons. The lowest BCUT2D eigenvalue weighted by atomic mass is 10.2. The normalized spacial score (nSPS) is 16.9. The Bertz CT molecular complexity index is 612. The van der Waals surface area contributed by atoms with Crippen LogP contribution in [0.2, 0.25) is 5.02 Å². The van der Waals surface area contributed by atoms with E-state index < -0.39 is 16.2 Å². The van der Waals surface area contributed by atoms with Gasteiger partial charge in [0.15, 0.2) is 0 Å². The molecule has 0 amide bonds. The summed E-state index contributed by atoms with van der Waals surface area (Å²) in [5.41, 5.74) is 0.193. The van der Waals surface area contributed by atoms with E-state index >= 15 is 0 Å². The van der Waals surface area contributed by atoms with Gasteiger partial charge in [-0.05, 0) is 31.0 Å².